The average molecular weight is 349 g/mol. The second kappa shape index (κ2) is 6.27. The third-order valence-electron chi connectivity index (χ3n) is 4.17. The number of likely N-dealkylation sites (tertiary alicyclic amines) is 1. The van der Waals surface area contributed by atoms with Crippen molar-refractivity contribution in [1.29, 1.82) is 0 Å². The molecule has 0 atom stereocenters. The van der Waals surface area contributed by atoms with Gasteiger partial charge >= 0.3 is 10.2 Å². The van der Waals surface area contributed by atoms with E-state index < -0.39 is 10.2 Å². The topological polar surface area (TPSA) is 79.3 Å². The molecule has 1 saturated heterocycles. The second-order valence-corrected chi connectivity index (χ2v) is 7.31. The number of benzene rings is 1. The van der Waals surface area contributed by atoms with Crippen molar-refractivity contribution in [2.75, 3.05) is 27.2 Å². The van der Waals surface area contributed by atoms with Crippen LogP contribution in [0.1, 0.15) is 18.4 Å². The predicted octanol–water partition coefficient (Wildman–Crippen LogP) is 1.18. The molecule has 2 aliphatic heterocycles. The van der Waals surface area contributed by atoms with Crippen molar-refractivity contribution in [3.8, 4) is 5.75 Å². The van der Waals surface area contributed by atoms with E-state index in [1.807, 2.05) is 0 Å². The molecule has 2 heterocycles. The van der Waals surface area contributed by atoms with Gasteiger partial charge < -0.3 is 9.64 Å². The first-order chi connectivity index (χ1) is 11.4. The first kappa shape index (κ1) is 16.5. The van der Waals surface area contributed by atoms with Gasteiger partial charge in [-0.3, -0.25) is 4.79 Å². The molecule has 0 unspecified atom stereocenters. The molecule has 3 rings (SSSR count). The van der Waals surface area contributed by atoms with Crippen molar-refractivity contribution in [2.24, 2.45) is 4.40 Å². The standard InChI is InChI=1S/C16H19N3O4S/c1-18-15(16(20)19-9-3-4-10-19)11-14(17-24(18,21)22)12-5-7-13(23-2)8-6-12/h5-8,11H,3-4,9-10H2,1-2H3. The van der Waals surface area contributed by atoms with Gasteiger partial charge in [-0.1, -0.05) is 0 Å². The van der Waals surface area contributed by atoms with E-state index >= 15 is 0 Å². The molecule has 128 valence electrons. The molecule has 0 spiro atoms. The Morgan fingerprint density at radius 2 is 1.79 bits per heavy atom. The van der Waals surface area contributed by atoms with Gasteiger partial charge in [0.2, 0.25) is 0 Å². The molecule has 0 aliphatic carbocycles. The Labute approximate surface area is 141 Å². The van der Waals surface area contributed by atoms with E-state index in [4.69, 9.17) is 4.74 Å². The van der Waals surface area contributed by atoms with Gasteiger partial charge in [-0.05, 0) is 43.2 Å². The molecule has 2 aliphatic rings. The number of rotatable bonds is 3. The summed E-state index contributed by atoms with van der Waals surface area (Å²) in [6.45, 7) is 1.30. The fourth-order valence-electron chi connectivity index (χ4n) is 2.73. The molecule has 1 amide bonds. The number of hydrogen-bond acceptors (Lipinski definition) is 4. The third-order valence-corrected chi connectivity index (χ3v) is 5.49. The number of amides is 1. The largest absolute Gasteiger partial charge is 0.497 e. The van der Waals surface area contributed by atoms with Crippen LogP contribution in [0.25, 0.3) is 0 Å². The van der Waals surface area contributed by atoms with Crippen LogP contribution in [0.3, 0.4) is 0 Å². The maximum Gasteiger partial charge on any atom is 0.345 e. The lowest BCUT2D eigenvalue weighted by Crippen LogP contribution is -2.39. The molecule has 24 heavy (non-hydrogen) atoms. The van der Waals surface area contributed by atoms with Crippen molar-refractivity contribution in [3.63, 3.8) is 0 Å². The summed E-state index contributed by atoms with van der Waals surface area (Å²) in [7, 11) is -1.02. The first-order valence-electron chi connectivity index (χ1n) is 7.66. The Morgan fingerprint density at radius 1 is 1.17 bits per heavy atom. The highest BCUT2D eigenvalue weighted by atomic mass is 32.2. The lowest BCUT2D eigenvalue weighted by Gasteiger charge is -2.26. The fraction of sp³-hybridized carbons (Fsp3) is 0.375. The van der Waals surface area contributed by atoms with Crippen molar-refractivity contribution in [1.82, 2.24) is 9.21 Å². The van der Waals surface area contributed by atoms with Crippen molar-refractivity contribution >= 4 is 21.8 Å². The summed E-state index contributed by atoms with van der Waals surface area (Å²) in [4.78, 5) is 14.3. The SMILES string of the molecule is COc1ccc(C2=NS(=O)(=O)N(C)C(C(=O)N3CCCC3)=C2)cc1. The van der Waals surface area contributed by atoms with Crippen molar-refractivity contribution in [3.05, 3.63) is 41.6 Å². The highest BCUT2D eigenvalue weighted by Gasteiger charge is 2.33. The Hall–Kier alpha value is -2.35. The molecule has 1 fully saturated rings. The van der Waals surface area contributed by atoms with Crippen LogP contribution in [0.15, 0.2) is 40.4 Å². The van der Waals surface area contributed by atoms with Crippen LogP contribution >= 0.6 is 0 Å². The first-order valence-corrected chi connectivity index (χ1v) is 9.06. The Bertz CT molecular complexity index is 806. The molecule has 1 aromatic rings. The molecule has 0 radical (unpaired) electrons. The molecule has 0 bridgehead atoms. The average Bonchev–Trinajstić information content (AvgIpc) is 3.11. The monoisotopic (exact) mass is 349 g/mol. The fourth-order valence-corrected chi connectivity index (χ4v) is 3.64. The number of likely N-dealkylation sites (N-methyl/N-ethyl adjacent to an activating group) is 1. The minimum Gasteiger partial charge on any atom is -0.497 e. The van der Waals surface area contributed by atoms with E-state index in [9.17, 15) is 13.2 Å². The van der Waals surface area contributed by atoms with Crippen LogP contribution in [-0.2, 0) is 15.0 Å². The highest BCUT2D eigenvalue weighted by Crippen LogP contribution is 2.23. The maximum atomic E-state index is 12.7. The Kier molecular flexibility index (Phi) is 4.31. The van der Waals surface area contributed by atoms with Crippen LogP contribution in [0.5, 0.6) is 5.75 Å². The lowest BCUT2D eigenvalue weighted by atomic mass is 10.1. The summed E-state index contributed by atoms with van der Waals surface area (Å²) >= 11 is 0. The highest BCUT2D eigenvalue weighted by molar-refractivity contribution is 7.88. The van der Waals surface area contributed by atoms with Crippen LogP contribution in [-0.4, -0.2) is 56.5 Å². The second-order valence-electron chi connectivity index (χ2n) is 5.68. The van der Waals surface area contributed by atoms with E-state index in [1.54, 1.807) is 36.3 Å². The number of hydrogen-bond donors (Lipinski definition) is 0. The quantitative estimate of drug-likeness (QED) is 0.821. The molecule has 0 aromatic heterocycles. The van der Waals surface area contributed by atoms with E-state index in [1.165, 1.54) is 13.1 Å². The van der Waals surface area contributed by atoms with Gasteiger partial charge in [-0.2, -0.15) is 8.42 Å². The zero-order valence-electron chi connectivity index (χ0n) is 13.6. The Morgan fingerprint density at radius 3 is 2.38 bits per heavy atom. The number of carbonyl (C=O) groups is 1. The number of nitrogens with zero attached hydrogens (tertiary/aromatic N) is 3. The summed E-state index contributed by atoms with van der Waals surface area (Å²) in [6.07, 6.45) is 3.41. The normalized spacial score (nSPS) is 19.8. The maximum absolute atomic E-state index is 12.7. The number of allylic oxidation sites excluding steroid dienone is 1. The predicted molar refractivity (Wildman–Crippen MR) is 90.1 cm³/mol. The minimum atomic E-state index is -3.92. The summed E-state index contributed by atoms with van der Waals surface area (Å²) in [5.41, 5.74) is 0.982. The minimum absolute atomic E-state index is 0.123. The summed E-state index contributed by atoms with van der Waals surface area (Å²) < 4.78 is 34.5. The molecule has 7 nitrogen and oxygen atoms in total. The number of carbonyl (C=O) groups excluding carboxylic acids is 1. The zero-order valence-corrected chi connectivity index (χ0v) is 14.4. The van der Waals surface area contributed by atoms with Gasteiger partial charge in [0, 0.05) is 25.7 Å². The lowest BCUT2D eigenvalue weighted by molar-refractivity contribution is -0.127. The third kappa shape index (κ3) is 3.01. The summed E-state index contributed by atoms with van der Waals surface area (Å²) in [5, 5.41) is 0. The molecule has 0 saturated carbocycles. The van der Waals surface area contributed by atoms with E-state index in [2.05, 4.69) is 4.40 Å². The molecular formula is C16H19N3O4S. The molecule has 1 aromatic carbocycles. The van der Waals surface area contributed by atoms with Crippen LogP contribution in [0.4, 0.5) is 0 Å². The van der Waals surface area contributed by atoms with Gasteiger partial charge in [0.05, 0.1) is 12.8 Å². The van der Waals surface area contributed by atoms with Crippen molar-refractivity contribution in [2.45, 2.75) is 12.8 Å². The van der Waals surface area contributed by atoms with E-state index in [0.29, 0.717) is 24.4 Å². The smallest absolute Gasteiger partial charge is 0.345 e. The van der Waals surface area contributed by atoms with Crippen molar-refractivity contribution < 1.29 is 17.9 Å². The van der Waals surface area contributed by atoms with E-state index in [-0.39, 0.29) is 17.3 Å². The van der Waals surface area contributed by atoms with Crippen LogP contribution in [0, 0.1) is 0 Å². The molecule has 8 heteroatoms. The van der Waals surface area contributed by atoms with Crippen LogP contribution in [0.2, 0.25) is 0 Å². The molecule has 0 N–H and O–H groups in total. The Balaban J connectivity index is 1.99. The zero-order chi connectivity index (χ0) is 17.3. The van der Waals surface area contributed by atoms with Gasteiger partial charge in [-0.15, -0.1) is 4.40 Å². The molecular weight excluding hydrogens is 330 g/mol. The summed E-state index contributed by atoms with van der Waals surface area (Å²) in [6, 6.07) is 6.87. The van der Waals surface area contributed by atoms with Gasteiger partial charge in [0.25, 0.3) is 5.91 Å². The van der Waals surface area contributed by atoms with Gasteiger partial charge in [0.15, 0.2) is 0 Å². The number of methoxy groups -OCH3 is 1. The summed E-state index contributed by atoms with van der Waals surface area (Å²) in [5.74, 6) is 0.381. The van der Waals surface area contributed by atoms with Gasteiger partial charge in [-0.25, -0.2) is 4.31 Å². The van der Waals surface area contributed by atoms with E-state index in [0.717, 1.165) is 17.1 Å². The van der Waals surface area contributed by atoms with Gasteiger partial charge in [0.1, 0.15) is 11.4 Å². The van der Waals surface area contributed by atoms with Crippen LogP contribution < -0.4 is 4.74 Å². The number of ether oxygens (including phenoxy) is 1.